The Kier molecular flexibility index (Phi) is 7.32. The average molecular weight is 397 g/mol. The zero-order chi connectivity index (χ0) is 20.1. The Morgan fingerprint density at radius 3 is 2.59 bits per heavy atom. The molecule has 1 aromatic heterocycles. The van der Waals surface area contributed by atoms with Crippen molar-refractivity contribution in [3.63, 3.8) is 0 Å². The summed E-state index contributed by atoms with van der Waals surface area (Å²) < 4.78 is 0. The molecule has 8 nitrogen and oxygen atoms in total. The molecule has 2 rings (SSSR count). The van der Waals surface area contributed by atoms with E-state index in [1.807, 2.05) is 20.8 Å². The summed E-state index contributed by atoms with van der Waals surface area (Å²) in [7, 11) is 0. The molecule has 0 bridgehead atoms. The predicted octanol–water partition coefficient (Wildman–Crippen LogP) is 1.87. The second-order valence-corrected chi connectivity index (χ2v) is 8.19. The number of hydrogen-bond acceptors (Lipinski definition) is 6. The van der Waals surface area contributed by atoms with Gasteiger partial charge < -0.3 is 15.3 Å². The molecule has 2 heterocycles. The van der Waals surface area contributed by atoms with E-state index in [1.54, 1.807) is 0 Å². The average Bonchev–Trinajstić information content (AvgIpc) is 2.78. The minimum Gasteiger partial charge on any atom is -0.480 e. The second-order valence-electron chi connectivity index (χ2n) is 6.99. The number of nitrogens with one attached hydrogen (secondary N) is 1. The van der Waals surface area contributed by atoms with Gasteiger partial charge in [-0.15, -0.1) is 11.3 Å². The molecule has 0 aromatic carbocycles. The molecule has 0 spiro atoms. The third kappa shape index (κ3) is 5.74. The summed E-state index contributed by atoms with van der Waals surface area (Å²) in [5.41, 5.74) is 0.920. The van der Waals surface area contributed by atoms with Gasteiger partial charge >= 0.3 is 5.97 Å². The quantitative estimate of drug-likeness (QED) is 0.761. The Balaban J connectivity index is 1.96. The smallest absolute Gasteiger partial charge is 0.323 e. The minimum atomic E-state index is -1.01. The maximum atomic E-state index is 12.6. The minimum absolute atomic E-state index is 0.101. The summed E-state index contributed by atoms with van der Waals surface area (Å²) in [6.07, 6.45) is 2.20. The highest BCUT2D eigenvalue weighted by Crippen LogP contribution is 2.23. The number of anilines is 1. The molecule has 2 atom stereocenters. The Hall–Kier alpha value is -2.00. The van der Waals surface area contributed by atoms with Gasteiger partial charge in [-0.05, 0) is 46.6 Å². The first-order valence-electron chi connectivity index (χ1n) is 9.17. The van der Waals surface area contributed by atoms with E-state index in [9.17, 15) is 14.4 Å². The number of nitrogens with zero attached hydrogens (tertiary/aromatic N) is 3. The third-order valence-electron chi connectivity index (χ3n) is 5.07. The fourth-order valence-corrected chi connectivity index (χ4v) is 4.16. The molecule has 1 aromatic rings. The van der Waals surface area contributed by atoms with Crippen LogP contribution in [0.2, 0.25) is 0 Å². The zero-order valence-electron chi connectivity index (χ0n) is 16.3. The molecule has 1 aliphatic rings. The third-order valence-corrected chi connectivity index (χ3v) is 6.06. The number of thiazole rings is 1. The molecule has 1 fully saturated rings. The van der Waals surface area contributed by atoms with Crippen molar-refractivity contribution < 1.29 is 19.5 Å². The Morgan fingerprint density at radius 2 is 2.04 bits per heavy atom. The Labute approximate surface area is 163 Å². The van der Waals surface area contributed by atoms with Crippen molar-refractivity contribution >= 4 is 34.3 Å². The summed E-state index contributed by atoms with van der Waals surface area (Å²) in [6.45, 7) is 8.25. The van der Waals surface area contributed by atoms with Crippen molar-refractivity contribution in [1.82, 2.24) is 14.8 Å². The zero-order valence-corrected chi connectivity index (χ0v) is 17.1. The molecular weight excluding hydrogens is 368 g/mol. The van der Waals surface area contributed by atoms with E-state index < -0.39 is 5.97 Å². The number of hydrogen-bond donors (Lipinski definition) is 2. The van der Waals surface area contributed by atoms with Crippen LogP contribution in [0, 0.1) is 13.8 Å². The highest BCUT2D eigenvalue weighted by molar-refractivity contribution is 7.15. The van der Waals surface area contributed by atoms with Crippen LogP contribution in [0.4, 0.5) is 5.13 Å². The molecule has 2 amide bonds. The van der Waals surface area contributed by atoms with Gasteiger partial charge in [0.1, 0.15) is 6.54 Å². The van der Waals surface area contributed by atoms with Gasteiger partial charge in [0.25, 0.3) is 0 Å². The largest absolute Gasteiger partial charge is 0.480 e. The van der Waals surface area contributed by atoms with E-state index in [1.165, 1.54) is 23.2 Å². The van der Waals surface area contributed by atoms with Crippen LogP contribution in [-0.4, -0.2) is 69.4 Å². The lowest BCUT2D eigenvalue weighted by Gasteiger charge is -2.29. The summed E-state index contributed by atoms with van der Waals surface area (Å²) in [4.78, 5) is 44.4. The number of carbonyl (C=O) groups is 3. The first-order valence-corrected chi connectivity index (χ1v) is 9.98. The molecule has 9 heteroatoms. The van der Waals surface area contributed by atoms with Gasteiger partial charge in [-0.3, -0.25) is 19.3 Å². The van der Waals surface area contributed by atoms with Crippen molar-refractivity contribution in [2.45, 2.75) is 59.0 Å². The van der Waals surface area contributed by atoms with E-state index in [0.29, 0.717) is 18.1 Å². The van der Waals surface area contributed by atoms with Crippen molar-refractivity contribution in [2.24, 2.45) is 0 Å². The lowest BCUT2D eigenvalue weighted by atomic mass is 10.1. The predicted molar refractivity (Wildman–Crippen MR) is 104 cm³/mol. The van der Waals surface area contributed by atoms with Crippen molar-refractivity contribution in [2.75, 3.05) is 25.0 Å². The van der Waals surface area contributed by atoms with Crippen LogP contribution in [0.15, 0.2) is 0 Å². The van der Waals surface area contributed by atoms with Crippen LogP contribution in [0.5, 0.6) is 0 Å². The molecule has 2 N–H and O–H groups in total. The number of aromatic nitrogens is 1. The molecule has 2 unspecified atom stereocenters. The van der Waals surface area contributed by atoms with Crippen molar-refractivity contribution in [1.29, 1.82) is 0 Å². The molecular formula is C18H28N4O4S. The monoisotopic (exact) mass is 396 g/mol. The SMILES string of the molecule is CC(=O)N(CC(=O)O)C1CCCN(C(C)C(=O)Nc2nc(C)c(C)s2)CC1. The maximum absolute atomic E-state index is 12.6. The van der Waals surface area contributed by atoms with Gasteiger partial charge in [-0.1, -0.05) is 0 Å². The molecule has 27 heavy (non-hydrogen) atoms. The summed E-state index contributed by atoms with van der Waals surface area (Å²) in [5.74, 6) is -1.33. The molecule has 0 radical (unpaired) electrons. The first kappa shape index (κ1) is 21.3. The van der Waals surface area contributed by atoms with Crippen LogP contribution in [0.25, 0.3) is 0 Å². The van der Waals surface area contributed by atoms with E-state index >= 15 is 0 Å². The highest BCUT2D eigenvalue weighted by Gasteiger charge is 2.29. The first-order chi connectivity index (χ1) is 12.7. The fraction of sp³-hybridized carbons (Fsp3) is 0.667. The van der Waals surface area contributed by atoms with Crippen LogP contribution in [0.1, 0.15) is 43.7 Å². The summed E-state index contributed by atoms with van der Waals surface area (Å²) in [5, 5.41) is 12.5. The fourth-order valence-electron chi connectivity index (χ4n) is 3.35. The van der Waals surface area contributed by atoms with E-state index in [-0.39, 0.29) is 30.4 Å². The van der Waals surface area contributed by atoms with Gasteiger partial charge in [0.15, 0.2) is 5.13 Å². The molecule has 1 aliphatic heterocycles. The molecule has 150 valence electrons. The standard InChI is InChI=1S/C18H28N4O4S/c1-11-13(3)27-18(19-11)20-17(26)12(2)21-8-5-6-15(7-9-21)22(14(4)23)10-16(24)25/h12,15H,5-10H2,1-4H3,(H,24,25)(H,19,20,26). The Bertz CT molecular complexity index is 686. The molecule has 1 saturated heterocycles. The van der Waals surface area contributed by atoms with E-state index in [4.69, 9.17) is 5.11 Å². The summed E-state index contributed by atoms with van der Waals surface area (Å²) in [6, 6.07) is -0.429. The number of likely N-dealkylation sites (tertiary alicyclic amines) is 1. The maximum Gasteiger partial charge on any atom is 0.323 e. The molecule has 0 saturated carbocycles. The lowest BCUT2D eigenvalue weighted by Crippen LogP contribution is -2.44. The van der Waals surface area contributed by atoms with E-state index in [0.717, 1.165) is 30.0 Å². The van der Waals surface area contributed by atoms with Gasteiger partial charge in [-0.2, -0.15) is 0 Å². The van der Waals surface area contributed by atoms with E-state index in [2.05, 4.69) is 15.2 Å². The number of aliphatic carboxylic acids is 1. The number of amides is 2. The number of carboxylic acid groups (broad SMARTS) is 1. The van der Waals surface area contributed by atoms with Crippen molar-refractivity contribution in [3.05, 3.63) is 10.6 Å². The van der Waals surface area contributed by atoms with Crippen LogP contribution in [0.3, 0.4) is 0 Å². The lowest BCUT2D eigenvalue weighted by molar-refractivity contribution is -0.145. The van der Waals surface area contributed by atoms with Gasteiger partial charge in [0.2, 0.25) is 11.8 Å². The number of carboxylic acids is 1. The summed E-state index contributed by atoms with van der Waals surface area (Å²) >= 11 is 1.46. The highest BCUT2D eigenvalue weighted by atomic mass is 32.1. The number of carbonyl (C=O) groups excluding carboxylic acids is 2. The molecule has 0 aliphatic carbocycles. The normalized spacial score (nSPS) is 19.2. The van der Waals surface area contributed by atoms with Crippen LogP contribution >= 0.6 is 11.3 Å². The number of aryl methyl sites for hydroxylation is 2. The van der Waals surface area contributed by atoms with Crippen LogP contribution < -0.4 is 5.32 Å². The van der Waals surface area contributed by atoms with Gasteiger partial charge in [0, 0.05) is 24.4 Å². The van der Waals surface area contributed by atoms with Gasteiger partial charge in [-0.25, -0.2) is 4.98 Å². The Morgan fingerprint density at radius 1 is 1.33 bits per heavy atom. The van der Waals surface area contributed by atoms with Gasteiger partial charge in [0.05, 0.1) is 11.7 Å². The topological polar surface area (TPSA) is 103 Å². The van der Waals surface area contributed by atoms with Crippen molar-refractivity contribution in [3.8, 4) is 0 Å². The second kappa shape index (κ2) is 9.27. The van der Waals surface area contributed by atoms with Crippen LogP contribution in [-0.2, 0) is 14.4 Å². The number of rotatable bonds is 6.